The highest BCUT2D eigenvalue weighted by Gasteiger charge is 2.25. The zero-order valence-electron chi connectivity index (χ0n) is 9.07. The molecule has 3 heterocycles. The van der Waals surface area contributed by atoms with Crippen LogP contribution in [0.2, 0.25) is 0 Å². The number of hydrogen-bond donors (Lipinski definition) is 1. The Morgan fingerprint density at radius 2 is 2.21 bits per heavy atom. The number of halogens is 1. The highest BCUT2D eigenvalue weighted by Crippen LogP contribution is 2.25. The van der Waals surface area contributed by atoms with Crippen LogP contribution in [0.15, 0.2) is 23.7 Å². The molecule has 94 valence electrons. The molecule has 0 radical (unpaired) electrons. The molecule has 0 saturated heterocycles. The van der Waals surface area contributed by atoms with Gasteiger partial charge in [0.05, 0.1) is 10.5 Å². The lowest BCUT2D eigenvalue weighted by Gasteiger charge is -1.91. The topological polar surface area (TPSA) is 120 Å². The first kappa shape index (κ1) is 11.6. The van der Waals surface area contributed by atoms with Crippen LogP contribution in [0, 0.1) is 10.1 Å². The monoisotopic (exact) mass is 323 g/mol. The Hall–Kier alpha value is -2.49. The van der Waals surface area contributed by atoms with Crippen LogP contribution in [0.3, 0.4) is 0 Å². The SMILES string of the molecule is O=C1N=[n+]2cc(-c3[nH]ncc3[N+](=O)[O-])cnc2=C1Br. The molecule has 2 aromatic heterocycles. The third-order valence-electron chi connectivity index (χ3n) is 2.49. The fourth-order valence-electron chi connectivity index (χ4n) is 1.65. The van der Waals surface area contributed by atoms with Gasteiger partial charge in [0, 0.05) is 0 Å². The first-order valence-electron chi connectivity index (χ1n) is 4.97. The van der Waals surface area contributed by atoms with Crippen LogP contribution in [-0.4, -0.2) is 26.0 Å². The lowest BCUT2D eigenvalue weighted by molar-refractivity contribution is -0.557. The molecule has 0 atom stereocenters. The number of carbonyl (C=O) groups excluding carboxylic acids is 1. The zero-order chi connectivity index (χ0) is 13.6. The summed E-state index contributed by atoms with van der Waals surface area (Å²) >= 11 is 3.08. The van der Waals surface area contributed by atoms with Gasteiger partial charge in [0.25, 0.3) is 0 Å². The molecule has 0 unspecified atom stereocenters. The Morgan fingerprint density at radius 1 is 1.42 bits per heavy atom. The Morgan fingerprint density at radius 3 is 2.95 bits per heavy atom. The average Bonchev–Trinajstić information content (AvgIpc) is 2.95. The van der Waals surface area contributed by atoms with Crippen molar-refractivity contribution in [3.05, 3.63) is 34.2 Å². The van der Waals surface area contributed by atoms with Crippen LogP contribution in [-0.2, 0) is 4.79 Å². The summed E-state index contributed by atoms with van der Waals surface area (Å²) in [5.41, 5.74) is 0.788. The summed E-state index contributed by atoms with van der Waals surface area (Å²) in [7, 11) is 0. The second-order valence-corrected chi connectivity index (χ2v) is 4.41. The molecule has 0 bridgehead atoms. The molecule has 0 saturated carbocycles. The normalized spacial score (nSPS) is 13.3. The molecule has 1 amide bonds. The number of nitrogens with one attached hydrogen (secondary N) is 1. The van der Waals surface area contributed by atoms with E-state index < -0.39 is 10.8 Å². The van der Waals surface area contributed by atoms with Gasteiger partial charge in [-0.1, -0.05) is 4.36 Å². The van der Waals surface area contributed by atoms with Crippen molar-refractivity contribution in [2.24, 2.45) is 5.11 Å². The van der Waals surface area contributed by atoms with E-state index in [0.717, 1.165) is 6.20 Å². The first-order chi connectivity index (χ1) is 9.08. The van der Waals surface area contributed by atoms with Crippen molar-refractivity contribution in [3.8, 4) is 11.3 Å². The van der Waals surface area contributed by atoms with E-state index in [1.54, 1.807) is 0 Å². The number of nitro groups is 1. The lowest BCUT2D eigenvalue weighted by atomic mass is 10.2. The van der Waals surface area contributed by atoms with Gasteiger partial charge in [-0.05, 0) is 26.0 Å². The fourth-order valence-corrected chi connectivity index (χ4v) is 2.01. The van der Waals surface area contributed by atoms with Crippen LogP contribution < -0.4 is 9.84 Å². The van der Waals surface area contributed by atoms with Gasteiger partial charge in [-0.15, -0.1) is 0 Å². The molecular formula is C9H4BrN6O3+. The number of rotatable bonds is 2. The quantitative estimate of drug-likeness (QED) is 0.464. The number of amides is 1. The summed E-state index contributed by atoms with van der Waals surface area (Å²) in [6.07, 6.45) is 3.98. The first-order valence-corrected chi connectivity index (χ1v) is 5.76. The molecule has 1 aliphatic heterocycles. The number of nitrogens with zero attached hydrogens (tertiary/aromatic N) is 5. The maximum Gasteiger partial charge on any atom is 0.368 e. The number of H-pyrrole nitrogens is 1. The van der Waals surface area contributed by atoms with E-state index in [0.29, 0.717) is 11.0 Å². The van der Waals surface area contributed by atoms with Crippen molar-refractivity contribution in [3.63, 3.8) is 0 Å². The Labute approximate surface area is 112 Å². The molecule has 0 aromatic carbocycles. The number of hydrogen-bond acceptors (Lipinski definition) is 5. The van der Waals surface area contributed by atoms with E-state index in [9.17, 15) is 14.9 Å². The second-order valence-electron chi connectivity index (χ2n) is 3.62. The summed E-state index contributed by atoms with van der Waals surface area (Å²) < 4.78 is 1.50. The number of aromatic amines is 1. The minimum Gasteiger partial charge on any atom is -0.271 e. The largest absolute Gasteiger partial charge is 0.368 e. The molecular weight excluding hydrogens is 320 g/mol. The number of aromatic nitrogens is 4. The van der Waals surface area contributed by atoms with Crippen LogP contribution in [0.4, 0.5) is 5.69 Å². The standard InChI is InChI=1S/C9H3BrN6O3/c10-6-8-11-1-4(3-15(8)14-9(6)17)7-5(16(18)19)2-12-13-7/h1-3H/p+1. The zero-order valence-corrected chi connectivity index (χ0v) is 10.7. The van der Waals surface area contributed by atoms with Crippen LogP contribution >= 0.6 is 15.9 Å². The van der Waals surface area contributed by atoms with Crippen molar-refractivity contribution in [1.29, 1.82) is 0 Å². The maximum atomic E-state index is 11.4. The molecule has 0 spiro atoms. The van der Waals surface area contributed by atoms with E-state index in [-0.39, 0.29) is 15.9 Å². The van der Waals surface area contributed by atoms with Gasteiger partial charge < -0.3 is 0 Å². The predicted molar refractivity (Wildman–Crippen MR) is 63.5 cm³/mol. The Kier molecular flexibility index (Phi) is 2.45. The minimum atomic E-state index is -0.555. The molecule has 3 rings (SSSR count). The van der Waals surface area contributed by atoms with Gasteiger partial charge >= 0.3 is 17.1 Å². The Bertz CT molecular complexity index is 842. The van der Waals surface area contributed by atoms with Crippen molar-refractivity contribution >= 4 is 32.0 Å². The van der Waals surface area contributed by atoms with Crippen LogP contribution in [0.1, 0.15) is 0 Å². The summed E-state index contributed by atoms with van der Waals surface area (Å²) in [6, 6.07) is 0. The molecule has 19 heavy (non-hydrogen) atoms. The molecule has 9 nitrogen and oxygen atoms in total. The third kappa shape index (κ3) is 1.73. The van der Waals surface area contributed by atoms with Gasteiger partial charge in [0.1, 0.15) is 12.4 Å². The van der Waals surface area contributed by atoms with Crippen LogP contribution in [0.25, 0.3) is 15.7 Å². The van der Waals surface area contributed by atoms with Gasteiger partial charge in [0.2, 0.25) is 0 Å². The summed E-state index contributed by atoms with van der Waals surface area (Å²) in [5.74, 6) is -0.455. The molecule has 10 heteroatoms. The van der Waals surface area contributed by atoms with Gasteiger partial charge in [-0.25, -0.2) is 0 Å². The maximum absolute atomic E-state index is 11.4. The molecule has 0 aliphatic carbocycles. The van der Waals surface area contributed by atoms with Crippen molar-refractivity contribution in [1.82, 2.24) is 15.2 Å². The Balaban J connectivity index is 2.24. The van der Waals surface area contributed by atoms with Gasteiger partial charge in [-0.2, -0.15) is 5.10 Å². The van der Waals surface area contributed by atoms with Gasteiger partial charge in [-0.3, -0.25) is 20.0 Å². The summed E-state index contributed by atoms with van der Waals surface area (Å²) in [6.45, 7) is 0. The average molecular weight is 324 g/mol. The smallest absolute Gasteiger partial charge is 0.271 e. The second kappa shape index (κ2) is 4.02. The third-order valence-corrected chi connectivity index (χ3v) is 3.19. The number of carbonyl (C=O) groups is 1. The van der Waals surface area contributed by atoms with Crippen molar-refractivity contribution < 1.29 is 14.1 Å². The fraction of sp³-hybridized carbons (Fsp3) is 0. The van der Waals surface area contributed by atoms with Crippen molar-refractivity contribution in [2.75, 3.05) is 0 Å². The highest BCUT2D eigenvalue weighted by atomic mass is 79.9. The molecule has 2 aromatic rings. The van der Waals surface area contributed by atoms with Crippen molar-refractivity contribution in [2.45, 2.75) is 0 Å². The summed E-state index contributed by atoms with van der Waals surface area (Å²) in [5, 5.41) is 20.7. The van der Waals surface area contributed by atoms with E-state index in [1.165, 1.54) is 16.8 Å². The van der Waals surface area contributed by atoms with E-state index in [2.05, 4.69) is 36.2 Å². The molecule has 1 aliphatic rings. The van der Waals surface area contributed by atoms with E-state index >= 15 is 0 Å². The molecule has 1 N–H and O–H groups in total. The predicted octanol–water partition coefficient (Wildman–Crippen LogP) is -0.258. The highest BCUT2D eigenvalue weighted by molar-refractivity contribution is 9.15. The summed E-state index contributed by atoms with van der Waals surface area (Å²) in [4.78, 5) is 25.7. The van der Waals surface area contributed by atoms with Gasteiger partial charge in [0.15, 0.2) is 16.4 Å². The van der Waals surface area contributed by atoms with Crippen LogP contribution in [0.5, 0.6) is 0 Å². The van der Waals surface area contributed by atoms with E-state index in [4.69, 9.17) is 0 Å². The lowest BCUT2D eigenvalue weighted by Crippen LogP contribution is -2.36. The van der Waals surface area contributed by atoms with E-state index in [1.807, 2.05) is 0 Å². The minimum absolute atomic E-state index is 0.172. The number of fused-ring (bicyclic) bond motifs is 1. The molecule has 0 fully saturated rings.